The number of hydrogen-bond donors (Lipinski definition) is 2. The van der Waals surface area contributed by atoms with E-state index in [1.54, 1.807) is 42.4 Å². The molecule has 3 aromatic rings. The van der Waals surface area contributed by atoms with Gasteiger partial charge >= 0.3 is 0 Å². The van der Waals surface area contributed by atoms with Gasteiger partial charge in [-0.05, 0) is 36.8 Å². The van der Waals surface area contributed by atoms with Crippen molar-refractivity contribution in [3.8, 4) is 6.07 Å². The molecular weight excluding hydrogens is 375 g/mol. The van der Waals surface area contributed by atoms with Crippen LogP contribution in [0.25, 0.3) is 11.0 Å². The molecule has 0 amide bonds. The van der Waals surface area contributed by atoms with Gasteiger partial charge in [-0.25, -0.2) is 9.37 Å². The Morgan fingerprint density at radius 1 is 1.21 bits per heavy atom. The maximum Gasteiger partial charge on any atom is 0.147 e. The largest absolute Gasteiger partial charge is 0.361 e. The number of nitrogens with one attached hydrogen (secondary N) is 2. The quantitative estimate of drug-likeness (QED) is 0.433. The molecule has 2 aromatic carbocycles. The molecule has 6 nitrogen and oxygen atoms in total. The Hall–Kier alpha value is -3.05. The monoisotopic (exact) mass is 396 g/mol. The van der Waals surface area contributed by atoms with Crippen LogP contribution in [0.4, 0.5) is 27.3 Å². The van der Waals surface area contributed by atoms with Crippen LogP contribution < -0.4 is 14.9 Å². The fourth-order valence-electron chi connectivity index (χ4n) is 2.57. The second-order valence-corrected chi connectivity index (χ2v) is 7.26. The smallest absolute Gasteiger partial charge is 0.147 e. The summed E-state index contributed by atoms with van der Waals surface area (Å²) < 4.78 is 17.5. The number of nitriles is 1. The summed E-state index contributed by atoms with van der Waals surface area (Å²) in [5.74, 6) is 1.20. The van der Waals surface area contributed by atoms with Crippen molar-refractivity contribution in [2.45, 2.75) is 13.3 Å². The van der Waals surface area contributed by atoms with E-state index in [-0.39, 0.29) is 5.69 Å². The zero-order chi connectivity index (χ0) is 20.1. The molecule has 0 aliphatic rings. The summed E-state index contributed by atoms with van der Waals surface area (Å²) in [6.45, 7) is 2.10. The predicted octanol–water partition coefficient (Wildman–Crippen LogP) is 4.92. The van der Waals surface area contributed by atoms with Crippen molar-refractivity contribution in [2.24, 2.45) is 0 Å². The molecule has 0 aliphatic carbocycles. The number of benzene rings is 2. The van der Waals surface area contributed by atoms with E-state index < -0.39 is 5.82 Å². The Labute approximate surface area is 167 Å². The fourth-order valence-corrected chi connectivity index (χ4v) is 3.17. The van der Waals surface area contributed by atoms with Crippen molar-refractivity contribution in [2.75, 3.05) is 34.8 Å². The average molecular weight is 396 g/mol. The Morgan fingerprint density at radius 3 is 2.75 bits per heavy atom. The van der Waals surface area contributed by atoms with Crippen molar-refractivity contribution in [3.63, 3.8) is 0 Å². The normalized spacial score (nSPS) is 10.5. The zero-order valence-corrected chi connectivity index (χ0v) is 16.8. The van der Waals surface area contributed by atoms with Gasteiger partial charge in [0.2, 0.25) is 0 Å². The molecule has 0 saturated carbocycles. The Kier molecular flexibility index (Phi) is 6.16. The highest BCUT2D eigenvalue weighted by Crippen LogP contribution is 2.30. The minimum atomic E-state index is -0.400. The zero-order valence-electron chi connectivity index (χ0n) is 16.0. The third kappa shape index (κ3) is 4.26. The molecule has 0 atom stereocenters. The van der Waals surface area contributed by atoms with E-state index in [1.165, 1.54) is 6.07 Å². The van der Waals surface area contributed by atoms with Crippen molar-refractivity contribution in [1.82, 2.24) is 9.97 Å². The summed E-state index contributed by atoms with van der Waals surface area (Å²) in [4.78, 5) is 10.7. The van der Waals surface area contributed by atoms with Crippen LogP contribution in [0.3, 0.4) is 0 Å². The highest BCUT2D eigenvalue weighted by atomic mass is 32.2. The lowest BCUT2D eigenvalue weighted by atomic mass is 10.1. The van der Waals surface area contributed by atoms with Gasteiger partial charge < -0.3 is 14.9 Å². The summed E-state index contributed by atoms with van der Waals surface area (Å²) in [7, 11) is 3.71. The summed E-state index contributed by atoms with van der Waals surface area (Å²) >= 11 is 1.57. The van der Waals surface area contributed by atoms with E-state index in [9.17, 15) is 9.65 Å². The molecule has 0 unspecified atom stereocenters. The molecule has 3 rings (SSSR count). The molecule has 0 fully saturated rings. The SMILES string of the molecule is CCCSNc1ccc(F)c(Nc2ccc3ncc(N(C)C)nc3c2C#N)c1. The van der Waals surface area contributed by atoms with Crippen molar-refractivity contribution in [1.29, 1.82) is 5.26 Å². The number of rotatable bonds is 7. The topological polar surface area (TPSA) is 76.9 Å². The Morgan fingerprint density at radius 2 is 2.04 bits per heavy atom. The van der Waals surface area contributed by atoms with Gasteiger partial charge in [0.25, 0.3) is 0 Å². The number of halogens is 1. The molecule has 0 radical (unpaired) electrons. The van der Waals surface area contributed by atoms with Crippen LogP contribution in [0.1, 0.15) is 18.9 Å². The van der Waals surface area contributed by atoms with Gasteiger partial charge in [0.15, 0.2) is 0 Å². The van der Waals surface area contributed by atoms with Gasteiger partial charge in [-0.1, -0.05) is 18.9 Å². The predicted molar refractivity (Wildman–Crippen MR) is 115 cm³/mol. The van der Waals surface area contributed by atoms with E-state index in [1.807, 2.05) is 19.0 Å². The van der Waals surface area contributed by atoms with E-state index in [2.05, 4.69) is 33.0 Å². The first-order chi connectivity index (χ1) is 13.5. The van der Waals surface area contributed by atoms with Crippen LogP contribution in [0.5, 0.6) is 0 Å². The lowest BCUT2D eigenvalue weighted by Crippen LogP contribution is -2.11. The first kappa shape index (κ1) is 19.7. The van der Waals surface area contributed by atoms with Crippen LogP contribution in [-0.4, -0.2) is 29.8 Å². The highest BCUT2D eigenvalue weighted by molar-refractivity contribution is 8.00. The maximum absolute atomic E-state index is 14.3. The molecule has 0 bridgehead atoms. The molecule has 28 heavy (non-hydrogen) atoms. The van der Waals surface area contributed by atoms with Crippen LogP contribution >= 0.6 is 11.9 Å². The fraction of sp³-hybridized carbons (Fsp3) is 0.250. The number of aromatic nitrogens is 2. The third-order valence-corrected chi connectivity index (χ3v) is 5.00. The van der Waals surface area contributed by atoms with Crippen LogP contribution in [0, 0.1) is 17.1 Å². The minimum Gasteiger partial charge on any atom is -0.361 e. The Bertz CT molecular complexity index is 1030. The maximum atomic E-state index is 14.3. The van der Waals surface area contributed by atoms with Crippen LogP contribution in [0.15, 0.2) is 36.5 Å². The minimum absolute atomic E-state index is 0.287. The van der Waals surface area contributed by atoms with Gasteiger partial charge in [-0.3, -0.25) is 4.98 Å². The molecular formula is C20H21FN6S. The summed E-state index contributed by atoms with van der Waals surface area (Å²) in [6.07, 6.45) is 2.70. The van der Waals surface area contributed by atoms with Gasteiger partial charge in [-0.15, -0.1) is 0 Å². The van der Waals surface area contributed by atoms with E-state index in [0.29, 0.717) is 28.1 Å². The molecule has 0 spiro atoms. The summed E-state index contributed by atoms with van der Waals surface area (Å²) in [5, 5.41) is 12.7. The average Bonchev–Trinajstić information content (AvgIpc) is 2.69. The van der Waals surface area contributed by atoms with Crippen LogP contribution in [-0.2, 0) is 0 Å². The molecule has 8 heteroatoms. The highest BCUT2D eigenvalue weighted by Gasteiger charge is 2.13. The number of anilines is 4. The third-order valence-electron chi connectivity index (χ3n) is 4.00. The van der Waals surface area contributed by atoms with E-state index >= 15 is 0 Å². The molecule has 0 aliphatic heterocycles. The summed E-state index contributed by atoms with van der Waals surface area (Å²) in [6, 6.07) is 10.4. The van der Waals surface area contributed by atoms with E-state index in [4.69, 9.17) is 0 Å². The van der Waals surface area contributed by atoms with Crippen LogP contribution in [0.2, 0.25) is 0 Å². The first-order valence-electron chi connectivity index (χ1n) is 8.85. The van der Waals surface area contributed by atoms with Gasteiger partial charge in [-0.2, -0.15) is 5.26 Å². The molecule has 1 heterocycles. The molecule has 1 aromatic heterocycles. The molecule has 144 valence electrons. The first-order valence-corrected chi connectivity index (χ1v) is 9.83. The van der Waals surface area contributed by atoms with Gasteiger partial charge in [0.05, 0.1) is 23.1 Å². The molecule has 2 N–H and O–H groups in total. The standard InChI is InChI=1S/C20H21FN6S/c1-4-9-28-26-13-5-6-15(21)18(10-13)24-16-7-8-17-20(14(16)11-22)25-19(12-23-17)27(2)3/h5-8,10,12,24,26H,4,9H2,1-3H3. The summed E-state index contributed by atoms with van der Waals surface area (Å²) in [5.41, 5.74) is 2.97. The van der Waals surface area contributed by atoms with Gasteiger partial charge in [0, 0.05) is 25.5 Å². The van der Waals surface area contributed by atoms with Crippen molar-refractivity contribution >= 4 is 45.9 Å². The molecule has 0 saturated heterocycles. The Balaban J connectivity index is 1.98. The number of hydrogen-bond acceptors (Lipinski definition) is 7. The number of nitrogens with zero attached hydrogens (tertiary/aromatic N) is 4. The second-order valence-electron chi connectivity index (χ2n) is 6.36. The second kappa shape index (κ2) is 8.76. The van der Waals surface area contributed by atoms with Gasteiger partial charge in [0.1, 0.15) is 28.8 Å². The lowest BCUT2D eigenvalue weighted by molar-refractivity contribution is 0.632. The van der Waals surface area contributed by atoms with E-state index in [0.717, 1.165) is 17.9 Å². The van der Waals surface area contributed by atoms with Crippen molar-refractivity contribution < 1.29 is 4.39 Å². The number of fused-ring (bicyclic) bond motifs is 1. The lowest BCUT2D eigenvalue weighted by Gasteiger charge is -2.14. The van der Waals surface area contributed by atoms with Crippen molar-refractivity contribution in [3.05, 3.63) is 47.9 Å².